The second-order valence-electron chi connectivity index (χ2n) is 7.33. The lowest BCUT2D eigenvalue weighted by molar-refractivity contribution is -0.138. The van der Waals surface area contributed by atoms with Crippen LogP contribution >= 0.6 is 27.5 Å². The van der Waals surface area contributed by atoms with Crippen LogP contribution in [0.2, 0.25) is 5.02 Å². The van der Waals surface area contributed by atoms with Gasteiger partial charge in [0.2, 0.25) is 0 Å². The van der Waals surface area contributed by atoms with Gasteiger partial charge in [0.25, 0.3) is 0 Å². The molecule has 2 atom stereocenters. The fraction of sp³-hybridized carbons (Fsp3) is 0.400. The number of anilines is 1. The van der Waals surface area contributed by atoms with E-state index in [4.69, 9.17) is 26.4 Å². The van der Waals surface area contributed by atoms with Gasteiger partial charge in [-0.1, -0.05) is 11.6 Å². The number of ether oxygens (including phenoxy) is 1. The van der Waals surface area contributed by atoms with Crippen molar-refractivity contribution < 1.29 is 14.6 Å². The summed E-state index contributed by atoms with van der Waals surface area (Å²) in [6.45, 7) is 2.82. The molecule has 1 N–H and O–H groups in total. The van der Waals surface area contributed by atoms with Crippen molar-refractivity contribution in [3.05, 3.63) is 40.3 Å². The summed E-state index contributed by atoms with van der Waals surface area (Å²) in [7, 11) is 0. The summed E-state index contributed by atoms with van der Waals surface area (Å²) in [4.78, 5) is 22.0. The zero-order valence-corrected chi connectivity index (χ0v) is 18.7. The van der Waals surface area contributed by atoms with Crippen LogP contribution in [0.4, 0.5) is 5.82 Å². The van der Waals surface area contributed by atoms with Gasteiger partial charge >= 0.3 is 5.97 Å². The lowest BCUT2D eigenvalue weighted by atomic mass is 10.1. The number of carboxylic acids is 1. The third kappa shape index (κ3) is 4.28. The first-order valence-corrected chi connectivity index (χ1v) is 10.8. The molecule has 0 bridgehead atoms. The normalized spacial score (nSPS) is 19.0. The van der Waals surface area contributed by atoms with Gasteiger partial charge < -0.3 is 14.7 Å². The maximum atomic E-state index is 10.7. The van der Waals surface area contributed by atoms with Crippen molar-refractivity contribution in [1.29, 1.82) is 0 Å². The number of nitrogens with zero attached hydrogens (tertiary/aromatic N) is 5. The zero-order chi connectivity index (χ0) is 21.3. The number of aliphatic carboxylic acids is 1. The lowest BCUT2D eigenvalue weighted by Gasteiger charge is -2.30. The molecule has 3 heterocycles. The number of carbonyl (C=O) groups is 1. The SMILES string of the molecule is C[C@H]1CC[C@@H](COCCC(=O)O)N1c1cc(-n2cncn2)c2cc(Cl)c(Br)cc2n1. The number of hydrogen-bond acceptors (Lipinski definition) is 6. The van der Waals surface area contributed by atoms with Gasteiger partial charge in [-0.2, -0.15) is 5.10 Å². The third-order valence-electron chi connectivity index (χ3n) is 5.30. The highest BCUT2D eigenvalue weighted by atomic mass is 79.9. The van der Waals surface area contributed by atoms with E-state index in [0.29, 0.717) is 11.6 Å². The van der Waals surface area contributed by atoms with Crippen LogP contribution in [0.1, 0.15) is 26.2 Å². The Morgan fingerprint density at radius 1 is 1.37 bits per heavy atom. The molecule has 0 aliphatic carbocycles. The van der Waals surface area contributed by atoms with Crippen molar-refractivity contribution in [1.82, 2.24) is 19.7 Å². The lowest BCUT2D eigenvalue weighted by Crippen LogP contribution is -2.38. The number of aromatic nitrogens is 4. The molecule has 1 aliphatic rings. The van der Waals surface area contributed by atoms with E-state index < -0.39 is 5.97 Å². The first-order valence-electron chi connectivity index (χ1n) is 9.66. The summed E-state index contributed by atoms with van der Waals surface area (Å²) in [6, 6.07) is 6.17. The summed E-state index contributed by atoms with van der Waals surface area (Å²) in [5, 5.41) is 14.6. The van der Waals surface area contributed by atoms with Crippen LogP contribution in [0, 0.1) is 0 Å². The smallest absolute Gasteiger partial charge is 0.305 e. The van der Waals surface area contributed by atoms with Gasteiger partial charge in [-0.05, 0) is 47.8 Å². The standard InChI is InChI=1S/C20H21BrClN5O3/c1-12-2-3-13(9-30-5-4-20(28)29)27(12)19-8-18(26-11-23-10-24-26)14-6-16(22)15(21)7-17(14)25-19/h6-8,10-13H,2-5,9H2,1H3,(H,28,29)/t12-,13-/m0/s1. The molecule has 0 amide bonds. The van der Waals surface area contributed by atoms with Crippen molar-refractivity contribution in [2.75, 3.05) is 18.1 Å². The molecule has 10 heteroatoms. The average molecular weight is 495 g/mol. The summed E-state index contributed by atoms with van der Waals surface area (Å²) in [5.74, 6) is -0.0383. The molecule has 1 saturated heterocycles. The van der Waals surface area contributed by atoms with E-state index in [1.54, 1.807) is 11.0 Å². The number of carboxylic acid groups (broad SMARTS) is 1. The zero-order valence-electron chi connectivity index (χ0n) is 16.3. The molecule has 3 aromatic rings. The van der Waals surface area contributed by atoms with E-state index in [1.165, 1.54) is 6.33 Å². The Bertz CT molecular complexity index is 1060. The van der Waals surface area contributed by atoms with E-state index in [2.05, 4.69) is 37.8 Å². The Labute approximate surface area is 186 Å². The molecule has 8 nitrogen and oxygen atoms in total. The maximum Gasteiger partial charge on any atom is 0.305 e. The molecule has 158 valence electrons. The van der Waals surface area contributed by atoms with E-state index in [9.17, 15) is 4.79 Å². The van der Waals surface area contributed by atoms with E-state index in [0.717, 1.165) is 39.7 Å². The minimum absolute atomic E-state index is 0.00172. The monoisotopic (exact) mass is 493 g/mol. The maximum absolute atomic E-state index is 10.7. The van der Waals surface area contributed by atoms with Gasteiger partial charge in [-0.3, -0.25) is 4.79 Å². The van der Waals surface area contributed by atoms with Crippen LogP contribution in [-0.2, 0) is 9.53 Å². The molecule has 1 fully saturated rings. The fourth-order valence-corrected chi connectivity index (χ4v) is 4.37. The van der Waals surface area contributed by atoms with Gasteiger partial charge in [0, 0.05) is 22.0 Å². The van der Waals surface area contributed by atoms with Crippen LogP contribution in [-0.4, -0.2) is 56.1 Å². The van der Waals surface area contributed by atoms with Gasteiger partial charge in [-0.15, -0.1) is 0 Å². The molecule has 0 radical (unpaired) electrons. The summed E-state index contributed by atoms with van der Waals surface area (Å²) < 4.78 is 8.13. The molecule has 0 spiro atoms. The molecular formula is C20H21BrClN5O3. The first-order chi connectivity index (χ1) is 14.4. The topological polar surface area (TPSA) is 93.4 Å². The molecule has 2 aromatic heterocycles. The Balaban J connectivity index is 1.72. The first kappa shape index (κ1) is 21.0. The van der Waals surface area contributed by atoms with Gasteiger partial charge in [0.15, 0.2) is 0 Å². The average Bonchev–Trinajstić information content (AvgIpc) is 3.35. The van der Waals surface area contributed by atoms with Gasteiger partial charge in [0.1, 0.15) is 18.5 Å². The van der Waals surface area contributed by atoms with Gasteiger partial charge in [-0.25, -0.2) is 14.6 Å². The number of pyridine rings is 1. The summed E-state index contributed by atoms with van der Waals surface area (Å²) >= 11 is 9.83. The van der Waals surface area contributed by atoms with Crippen LogP contribution in [0.25, 0.3) is 16.6 Å². The molecule has 4 rings (SSSR count). The Morgan fingerprint density at radius 3 is 2.93 bits per heavy atom. The minimum Gasteiger partial charge on any atom is -0.481 e. The van der Waals surface area contributed by atoms with Crippen molar-refractivity contribution in [3.63, 3.8) is 0 Å². The van der Waals surface area contributed by atoms with Crippen molar-refractivity contribution in [2.24, 2.45) is 0 Å². The van der Waals surface area contributed by atoms with Crippen molar-refractivity contribution in [3.8, 4) is 5.69 Å². The van der Waals surface area contributed by atoms with E-state index in [-0.39, 0.29) is 25.1 Å². The summed E-state index contributed by atoms with van der Waals surface area (Å²) in [5.41, 5.74) is 1.63. The van der Waals surface area contributed by atoms with Crippen molar-refractivity contribution in [2.45, 2.75) is 38.3 Å². The predicted octanol–water partition coefficient (Wildman–Crippen LogP) is 4.08. The Hall–Kier alpha value is -2.23. The Morgan fingerprint density at radius 2 is 2.20 bits per heavy atom. The second-order valence-corrected chi connectivity index (χ2v) is 8.59. The quantitative estimate of drug-likeness (QED) is 0.495. The Kier molecular flexibility index (Phi) is 6.21. The van der Waals surface area contributed by atoms with E-state index in [1.807, 2.05) is 18.2 Å². The fourth-order valence-electron chi connectivity index (χ4n) is 3.87. The highest BCUT2D eigenvalue weighted by molar-refractivity contribution is 9.10. The second kappa shape index (κ2) is 8.87. The summed E-state index contributed by atoms with van der Waals surface area (Å²) in [6.07, 6.45) is 5.10. The van der Waals surface area contributed by atoms with Crippen LogP contribution < -0.4 is 4.90 Å². The highest BCUT2D eigenvalue weighted by Gasteiger charge is 2.32. The minimum atomic E-state index is -0.857. The van der Waals surface area contributed by atoms with Crippen LogP contribution in [0.3, 0.4) is 0 Å². The highest BCUT2D eigenvalue weighted by Crippen LogP contribution is 2.36. The molecular weight excluding hydrogens is 474 g/mol. The number of halogens is 2. The molecule has 1 aliphatic heterocycles. The number of rotatable bonds is 7. The predicted molar refractivity (Wildman–Crippen MR) is 117 cm³/mol. The number of hydrogen-bond donors (Lipinski definition) is 1. The van der Waals surface area contributed by atoms with Crippen LogP contribution in [0.15, 0.2) is 35.3 Å². The van der Waals surface area contributed by atoms with E-state index >= 15 is 0 Å². The number of fused-ring (bicyclic) bond motifs is 1. The molecule has 0 saturated carbocycles. The van der Waals surface area contributed by atoms with Crippen molar-refractivity contribution >= 4 is 50.2 Å². The largest absolute Gasteiger partial charge is 0.481 e. The van der Waals surface area contributed by atoms with Crippen LogP contribution in [0.5, 0.6) is 0 Å². The van der Waals surface area contributed by atoms with Gasteiger partial charge in [0.05, 0.1) is 41.9 Å². The molecule has 1 aromatic carbocycles. The number of benzene rings is 1. The molecule has 0 unspecified atom stereocenters. The molecule has 30 heavy (non-hydrogen) atoms. The third-order valence-corrected chi connectivity index (χ3v) is 6.50.